The molecule has 2 aromatic heterocycles. The van der Waals surface area contributed by atoms with E-state index in [2.05, 4.69) is 10.6 Å². The molecule has 0 radical (unpaired) electrons. The van der Waals surface area contributed by atoms with Crippen LogP contribution in [0.15, 0.2) is 66.9 Å². The largest absolute Gasteiger partial charge is 0.507 e. The first-order valence-electron chi connectivity index (χ1n) is 10.1. The minimum absolute atomic E-state index is 0.134. The van der Waals surface area contributed by atoms with Gasteiger partial charge in [0.05, 0.1) is 18.7 Å². The second kappa shape index (κ2) is 9.72. The van der Waals surface area contributed by atoms with Gasteiger partial charge in [0.15, 0.2) is 0 Å². The number of benzene rings is 2. The first-order chi connectivity index (χ1) is 15.5. The smallest absolute Gasteiger partial charge is 0.226 e. The van der Waals surface area contributed by atoms with Crippen LogP contribution in [-0.2, 0) is 16.1 Å². The highest BCUT2D eigenvalue weighted by molar-refractivity contribution is 6.30. The third-order valence-corrected chi connectivity index (χ3v) is 5.18. The Hall–Kier alpha value is -3.55. The molecule has 4 rings (SSSR count). The van der Waals surface area contributed by atoms with Gasteiger partial charge >= 0.3 is 0 Å². The lowest BCUT2D eigenvalue weighted by molar-refractivity contribution is -0.117. The summed E-state index contributed by atoms with van der Waals surface area (Å²) in [6.45, 7) is 0.850. The van der Waals surface area contributed by atoms with Gasteiger partial charge in [0, 0.05) is 30.4 Å². The number of hydrogen-bond acceptors (Lipinski definition) is 5. The van der Waals surface area contributed by atoms with E-state index in [0.29, 0.717) is 46.6 Å². The Kier molecular flexibility index (Phi) is 6.58. The summed E-state index contributed by atoms with van der Waals surface area (Å²) in [6.07, 6.45) is 2.07. The lowest BCUT2D eigenvalue weighted by atomic mass is 10.1. The first kappa shape index (κ1) is 21.7. The average Bonchev–Trinajstić information content (AvgIpc) is 3.14. The summed E-state index contributed by atoms with van der Waals surface area (Å²) in [6, 6.07) is 18.3. The van der Waals surface area contributed by atoms with Gasteiger partial charge in [-0.3, -0.25) is 9.20 Å². The van der Waals surface area contributed by atoms with Crippen molar-refractivity contribution in [2.75, 3.05) is 24.4 Å². The van der Waals surface area contributed by atoms with Crippen molar-refractivity contribution in [3.63, 3.8) is 0 Å². The molecule has 0 aliphatic heterocycles. The number of methoxy groups -OCH3 is 1. The Morgan fingerprint density at radius 3 is 2.78 bits per heavy atom. The molecule has 32 heavy (non-hydrogen) atoms. The van der Waals surface area contributed by atoms with Crippen LogP contribution in [0.4, 0.5) is 11.5 Å². The van der Waals surface area contributed by atoms with Gasteiger partial charge in [0.1, 0.15) is 22.9 Å². The molecule has 0 spiro atoms. The van der Waals surface area contributed by atoms with Crippen LogP contribution in [0.2, 0.25) is 5.02 Å². The number of fused-ring (bicyclic) bond motifs is 1. The molecule has 0 aliphatic rings. The van der Waals surface area contributed by atoms with Crippen LogP contribution in [0, 0.1) is 0 Å². The molecule has 0 saturated heterocycles. The number of amides is 1. The molecule has 0 saturated carbocycles. The molecule has 0 atom stereocenters. The van der Waals surface area contributed by atoms with Gasteiger partial charge in [-0.25, -0.2) is 4.98 Å². The quantitative estimate of drug-likeness (QED) is 0.353. The van der Waals surface area contributed by atoms with Crippen LogP contribution < -0.4 is 10.6 Å². The van der Waals surface area contributed by atoms with E-state index in [1.807, 2.05) is 46.9 Å². The highest BCUT2D eigenvalue weighted by Crippen LogP contribution is 2.35. The molecule has 4 aromatic rings. The van der Waals surface area contributed by atoms with Gasteiger partial charge in [-0.1, -0.05) is 35.9 Å². The summed E-state index contributed by atoms with van der Waals surface area (Å²) in [5, 5.41) is 17.4. The van der Waals surface area contributed by atoms with E-state index in [-0.39, 0.29) is 18.1 Å². The number of anilines is 2. The predicted molar refractivity (Wildman–Crippen MR) is 126 cm³/mol. The van der Waals surface area contributed by atoms with Crippen molar-refractivity contribution in [1.29, 1.82) is 0 Å². The highest BCUT2D eigenvalue weighted by Gasteiger charge is 2.17. The summed E-state index contributed by atoms with van der Waals surface area (Å²) >= 11 is 6.13. The number of rotatable bonds is 8. The fourth-order valence-corrected chi connectivity index (χ4v) is 3.61. The third kappa shape index (κ3) is 4.85. The van der Waals surface area contributed by atoms with E-state index >= 15 is 0 Å². The summed E-state index contributed by atoms with van der Waals surface area (Å²) in [5.41, 5.74) is 3.51. The molecule has 0 fully saturated rings. The van der Waals surface area contributed by atoms with Crippen LogP contribution >= 0.6 is 11.6 Å². The van der Waals surface area contributed by atoms with Crippen LogP contribution in [0.1, 0.15) is 12.0 Å². The molecule has 3 N–H and O–H groups in total. The van der Waals surface area contributed by atoms with Crippen LogP contribution in [0.5, 0.6) is 5.75 Å². The van der Waals surface area contributed by atoms with Crippen LogP contribution in [0.3, 0.4) is 0 Å². The summed E-state index contributed by atoms with van der Waals surface area (Å²) in [7, 11) is 1.56. The molecule has 8 heteroatoms. The van der Waals surface area contributed by atoms with E-state index in [1.54, 1.807) is 31.5 Å². The molecular formula is C24H23ClN4O3. The predicted octanol–water partition coefficient (Wildman–Crippen LogP) is 4.95. The normalized spacial score (nSPS) is 10.9. The summed E-state index contributed by atoms with van der Waals surface area (Å²) in [5.74, 6) is 0.685. The highest BCUT2D eigenvalue weighted by atomic mass is 35.5. The zero-order chi connectivity index (χ0) is 22.5. The van der Waals surface area contributed by atoms with Gasteiger partial charge in [0.25, 0.3) is 0 Å². The zero-order valence-electron chi connectivity index (χ0n) is 17.5. The Morgan fingerprint density at radius 2 is 2.00 bits per heavy atom. The Labute approximate surface area is 190 Å². The molecule has 164 valence electrons. The lowest BCUT2D eigenvalue weighted by Gasteiger charge is -2.11. The lowest BCUT2D eigenvalue weighted by Crippen LogP contribution is -2.14. The second-order valence-electron chi connectivity index (χ2n) is 7.25. The van der Waals surface area contributed by atoms with Crippen molar-refractivity contribution < 1.29 is 14.6 Å². The number of hydrogen-bond donors (Lipinski definition) is 3. The maximum Gasteiger partial charge on any atom is 0.226 e. The monoisotopic (exact) mass is 450 g/mol. The minimum atomic E-state index is -0.138. The number of para-hydroxylation sites is 1. The number of phenolic OH excluding ortho intramolecular Hbond substituents is 1. The SMILES string of the molecule is COCCC(=O)Nc1ccc2nc(-c3ccccc3O)c(NCc3cccc(Cl)c3)n2c1. The Morgan fingerprint density at radius 1 is 1.16 bits per heavy atom. The van der Waals surface area contributed by atoms with Gasteiger partial charge in [-0.2, -0.15) is 0 Å². The van der Waals surface area contributed by atoms with Crippen molar-refractivity contribution in [2.24, 2.45) is 0 Å². The number of nitrogens with zero attached hydrogens (tertiary/aromatic N) is 2. The number of imidazole rings is 1. The molecule has 0 bridgehead atoms. The van der Waals surface area contributed by atoms with E-state index < -0.39 is 0 Å². The molecule has 2 heterocycles. The summed E-state index contributed by atoms with van der Waals surface area (Å²) < 4.78 is 6.83. The van der Waals surface area contributed by atoms with E-state index in [0.717, 1.165) is 5.56 Å². The fraction of sp³-hybridized carbons (Fsp3) is 0.167. The van der Waals surface area contributed by atoms with Crippen LogP contribution in [-0.4, -0.2) is 34.1 Å². The van der Waals surface area contributed by atoms with E-state index in [1.165, 1.54) is 0 Å². The van der Waals surface area contributed by atoms with Gasteiger partial charge in [-0.15, -0.1) is 0 Å². The maximum absolute atomic E-state index is 12.1. The first-order valence-corrected chi connectivity index (χ1v) is 10.5. The van der Waals surface area contributed by atoms with Crippen molar-refractivity contribution >= 4 is 34.7 Å². The molecule has 2 aromatic carbocycles. The summed E-state index contributed by atoms with van der Waals surface area (Å²) in [4.78, 5) is 16.9. The average molecular weight is 451 g/mol. The maximum atomic E-state index is 12.1. The van der Waals surface area contributed by atoms with E-state index in [4.69, 9.17) is 21.3 Å². The fourth-order valence-electron chi connectivity index (χ4n) is 3.40. The van der Waals surface area contributed by atoms with E-state index in [9.17, 15) is 9.90 Å². The molecule has 1 amide bonds. The molecule has 0 unspecified atom stereocenters. The van der Waals surface area contributed by atoms with Crippen molar-refractivity contribution in [2.45, 2.75) is 13.0 Å². The van der Waals surface area contributed by atoms with Gasteiger partial charge < -0.3 is 20.5 Å². The standard InChI is InChI=1S/C24H23ClN4O3/c1-32-12-11-22(31)27-18-9-10-21-28-23(19-7-2-3-8-20(19)30)24(29(21)15-18)26-14-16-5-4-6-17(25)13-16/h2-10,13,15,26,30H,11-12,14H2,1H3,(H,27,31). The van der Waals surface area contributed by atoms with Gasteiger partial charge in [0.2, 0.25) is 5.91 Å². The van der Waals surface area contributed by atoms with Gasteiger partial charge in [-0.05, 0) is 42.0 Å². The number of ether oxygens (including phenoxy) is 1. The number of halogens is 1. The number of aromatic nitrogens is 2. The third-order valence-electron chi connectivity index (χ3n) is 4.94. The Bertz CT molecular complexity index is 1260. The number of aromatic hydroxyl groups is 1. The number of pyridine rings is 1. The van der Waals surface area contributed by atoms with Crippen molar-refractivity contribution in [1.82, 2.24) is 9.38 Å². The number of carbonyl (C=O) groups is 1. The van der Waals surface area contributed by atoms with Crippen molar-refractivity contribution in [3.8, 4) is 17.0 Å². The zero-order valence-corrected chi connectivity index (χ0v) is 18.3. The molecule has 7 nitrogen and oxygen atoms in total. The molecular weight excluding hydrogens is 428 g/mol. The molecule has 0 aliphatic carbocycles. The second-order valence-corrected chi connectivity index (χ2v) is 7.68. The number of carbonyl (C=O) groups excluding carboxylic acids is 1. The number of phenols is 1. The van der Waals surface area contributed by atoms with Crippen molar-refractivity contribution in [3.05, 3.63) is 77.4 Å². The Balaban J connectivity index is 1.73. The minimum Gasteiger partial charge on any atom is -0.507 e. The number of nitrogens with one attached hydrogen (secondary N) is 2. The van der Waals surface area contributed by atoms with Crippen LogP contribution in [0.25, 0.3) is 16.9 Å². The topological polar surface area (TPSA) is 87.9 Å².